The molecule has 0 aromatic heterocycles. The van der Waals surface area contributed by atoms with E-state index in [1.54, 1.807) is 0 Å². The molecule has 7 N–H and O–H groups in total. The second kappa shape index (κ2) is 20.8. The molecule has 0 aliphatic carbocycles. The van der Waals surface area contributed by atoms with E-state index in [0.717, 1.165) is 13.5 Å². The molecule has 240 valence electrons. The number of unbranched alkanes of at least 4 members (excludes halogenated alkanes) is 2. The van der Waals surface area contributed by atoms with Gasteiger partial charge in [0.15, 0.2) is 11.6 Å². The van der Waals surface area contributed by atoms with Crippen LogP contribution in [0.3, 0.4) is 0 Å². The predicted octanol–water partition coefficient (Wildman–Crippen LogP) is 0.123. The number of ketones is 4. The summed E-state index contributed by atoms with van der Waals surface area (Å²) in [5.41, 5.74) is 11.2. The Morgan fingerprint density at radius 1 is 0.810 bits per heavy atom. The molecule has 13 heteroatoms. The van der Waals surface area contributed by atoms with Crippen LogP contribution in [0.25, 0.3) is 0 Å². The Morgan fingerprint density at radius 2 is 1.43 bits per heavy atom. The molecule has 0 radical (unpaired) electrons. The van der Waals surface area contributed by atoms with E-state index in [4.69, 9.17) is 11.5 Å². The van der Waals surface area contributed by atoms with E-state index in [1.807, 2.05) is 6.92 Å². The van der Waals surface area contributed by atoms with Gasteiger partial charge in [-0.25, -0.2) is 4.79 Å². The van der Waals surface area contributed by atoms with E-state index in [2.05, 4.69) is 15.4 Å². The van der Waals surface area contributed by atoms with Crippen LogP contribution in [0, 0.1) is 17.8 Å². The summed E-state index contributed by atoms with van der Waals surface area (Å²) in [6, 6.07) is -2.47. The average Bonchev–Trinajstić information content (AvgIpc) is 2.95. The lowest BCUT2D eigenvalue weighted by molar-refractivity contribution is -0.153. The number of nitrogens with two attached hydrogens (primary N) is 2. The zero-order valence-corrected chi connectivity index (χ0v) is 25.6. The molecular formula is C29H50N4O9. The molecule has 42 heavy (non-hydrogen) atoms. The number of aliphatic hydroxyl groups is 1. The molecular weight excluding hydrogens is 548 g/mol. The topological polar surface area (TPSA) is 225 Å². The van der Waals surface area contributed by atoms with Crippen LogP contribution in [0.5, 0.6) is 0 Å². The molecule has 0 saturated carbocycles. The third kappa shape index (κ3) is 14.2. The summed E-state index contributed by atoms with van der Waals surface area (Å²) >= 11 is 0. The predicted molar refractivity (Wildman–Crippen MR) is 155 cm³/mol. The number of ether oxygens (including phenoxy) is 1. The number of carbonyl (C=O) groups is 7. The van der Waals surface area contributed by atoms with Crippen LogP contribution in [-0.4, -0.2) is 84.4 Å². The number of nitrogens with one attached hydrogen (secondary N) is 2. The van der Waals surface area contributed by atoms with Crippen LogP contribution in [-0.2, 0) is 38.3 Å². The van der Waals surface area contributed by atoms with Crippen molar-refractivity contribution in [2.75, 3.05) is 20.2 Å². The minimum Gasteiger partial charge on any atom is -0.463 e. The number of amides is 2. The normalized spacial score (nSPS) is 15.3. The van der Waals surface area contributed by atoms with E-state index in [0.29, 0.717) is 38.6 Å². The molecule has 0 aromatic carbocycles. The Hall–Kier alpha value is -3.03. The van der Waals surface area contributed by atoms with Gasteiger partial charge in [0.05, 0.1) is 19.3 Å². The van der Waals surface area contributed by atoms with Crippen molar-refractivity contribution in [1.29, 1.82) is 0 Å². The van der Waals surface area contributed by atoms with Gasteiger partial charge < -0.3 is 31.9 Å². The Balaban J connectivity index is 5.35. The lowest BCUT2D eigenvalue weighted by Crippen LogP contribution is -2.51. The summed E-state index contributed by atoms with van der Waals surface area (Å²) in [5, 5.41) is 15.3. The van der Waals surface area contributed by atoms with Crippen LogP contribution < -0.4 is 22.1 Å². The first-order valence-corrected chi connectivity index (χ1v) is 14.6. The highest BCUT2D eigenvalue weighted by atomic mass is 16.5. The van der Waals surface area contributed by atoms with Gasteiger partial charge in [-0.1, -0.05) is 33.6 Å². The van der Waals surface area contributed by atoms with Gasteiger partial charge in [-0.05, 0) is 32.7 Å². The molecule has 0 heterocycles. The van der Waals surface area contributed by atoms with Crippen molar-refractivity contribution in [2.24, 2.45) is 29.2 Å². The lowest BCUT2D eigenvalue weighted by Gasteiger charge is -2.25. The highest BCUT2D eigenvalue weighted by molar-refractivity contribution is 6.34. The smallest absolute Gasteiger partial charge is 0.374 e. The van der Waals surface area contributed by atoms with Crippen LogP contribution >= 0.6 is 0 Å². The third-order valence-electron chi connectivity index (χ3n) is 7.03. The number of Topliss-reactive ketones (excluding diaryl/α,β-unsaturated/α-hetero) is 4. The maximum atomic E-state index is 13.1. The van der Waals surface area contributed by atoms with E-state index >= 15 is 0 Å². The number of hydrogen-bond acceptors (Lipinski definition) is 11. The van der Waals surface area contributed by atoms with Gasteiger partial charge in [-0.2, -0.15) is 0 Å². The highest BCUT2D eigenvalue weighted by Crippen LogP contribution is 2.17. The SMILES string of the molecule is CCCCC(=O)C[C@@H](CCCCN)C(=O)N[C@H](C(=O)C[C@@H](C)C(=O)N[C@@H](CN)C(=O)C[C@@H](C)C(=O)C(=O)OC)[C@@H](C)O. The van der Waals surface area contributed by atoms with Crippen molar-refractivity contribution in [2.45, 2.75) is 104 Å². The summed E-state index contributed by atoms with van der Waals surface area (Å²) in [6.07, 6.45) is 1.64. The van der Waals surface area contributed by atoms with Crippen LogP contribution in [0.15, 0.2) is 0 Å². The zero-order valence-electron chi connectivity index (χ0n) is 25.6. The molecule has 0 aliphatic heterocycles. The maximum absolute atomic E-state index is 13.1. The molecule has 6 atom stereocenters. The number of hydrogen-bond donors (Lipinski definition) is 5. The minimum atomic E-state index is -1.31. The lowest BCUT2D eigenvalue weighted by atomic mass is 9.91. The van der Waals surface area contributed by atoms with Crippen molar-refractivity contribution >= 4 is 40.9 Å². The molecule has 0 aromatic rings. The first-order valence-electron chi connectivity index (χ1n) is 14.6. The Kier molecular flexibility index (Phi) is 19.3. The summed E-state index contributed by atoms with van der Waals surface area (Å²) in [5.74, 6) is -7.01. The highest BCUT2D eigenvalue weighted by Gasteiger charge is 2.33. The second-order valence-corrected chi connectivity index (χ2v) is 10.9. The first-order chi connectivity index (χ1) is 19.7. The number of carbonyl (C=O) groups excluding carboxylic acids is 7. The third-order valence-corrected chi connectivity index (χ3v) is 7.03. The molecule has 0 unspecified atom stereocenters. The number of methoxy groups -OCH3 is 1. The summed E-state index contributed by atoms with van der Waals surface area (Å²) in [6.45, 7) is 6.28. The molecule has 0 aliphatic rings. The van der Waals surface area contributed by atoms with E-state index in [1.165, 1.54) is 20.8 Å². The van der Waals surface area contributed by atoms with Crippen molar-refractivity contribution < 1.29 is 43.4 Å². The van der Waals surface area contributed by atoms with E-state index < -0.39 is 71.1 Å². The van der Waals surface area contributed by atoms with Gasteiger partial charge in [0.25, 0.3) is 0 Å². The number of rotatable bonds is 23. The number of esters is 1. The average molecular weight is 599 g/mol. The number of aliphatic hydroxyl groups excluding tert-OH is 1. The zero-order chi connectivity index (χ0) is 32.4. The van der Waals surface area contributed by atoms with Gasteiger partial charge in [-0.15, -0.1) is 0 Å². The van der Waals surface area contributed by atoms with E-state index in [9.17, 15) is 38.7 Å². The summed E-state index contributed by atoms with van der Waals surface area (Å²) in [7, 11) is 1.05. The molecule has 0 saturated heterocycles. The monoisotopic (exact) mass is 598 g/mol. The summed E-state index contributed by atoms with van der Waals surface area (Å²) in [4.78, 5) is 87.3. The molecule has 13 nitrogen and oxygen atoms in total. The minimum absolute atomic E-state index is 0.0221. The molecule has 0 fully saturated rings. The van der Waals surface area contributed by atoms with Crippen molar-refractivity contribution in [1.82, 2.24) is 10.6 Å². The van der Waals surface area contributed by atoms with Crippen LogP contribution in [0.4, 0.5) is 0 Å². The first kappa shape index (κ1) is 39.0. The standard InChI is InChI=1S/C29H50N4O9/c1-6-7-11-21(35)15-20(10-8-9-12-30)28(40)33-25(19(4)34)24(37)14-18(3)27(39)32-22(16-31)23(36)13-17(2)26(38)29(41)42-5/h17-20,22,25,34H,6-16,30-31H2,1-5H3,(H,32,39)(H,33,40)/t17-,18-,19-,20-,22+,25+/m1/s1. The quantitative estimate of drug-likeness (QED) is 0.0603. The largest absolute Gasteiger partial charge is 0.463 e. The van der Waals surface area contributed by atoms with Crippen molar-refractivity contribution in [3.8, 4) is 0 Å². The van der Waals surface area contributed by atoms with Crippen molar-refractivity contribution in [3.63, 3.8) is 0 Å². The summed E-state index contributed by atoms with van der Waals surface area (Å²) < 4.78 is 4.37. The fourth-order valence-electron chi connectivity index (χ4n) is 4.30. The molecule has 0 spiro atoms. The van der Waals surface area contributed by atoms with Gasteiger partial charge in [-0.3, -0.25) is 28.8 Å². The molecule has 0 bridgehead atoms. The van der Waals surface area contributed by atoms with Crippen LogP contribution in [0.2, 0.25) is 0 Å². The fourth-order valence-corrected chi connectivity index (χ4v) is 4.30. The van der Waals surface area contributed by atoms with Gasteiger partial charge in [0.1, 0.15) is 11.8 Å². The van der Waals surface area contributed by atoms with Gasteiger partial charge >= 0.3 is 5.97 Å². The Morgan fingerprint density at radius 3 is 1.95 bits per heavy atom. The Bertz CT molecular complexity index is 938. The molecule has 2 amide bonds. The fraction of sp³-hybridized carbons (Fsp3) is 0.759. The van der Waals surface area contributed by atoms with Gasteiger partial charge in [0.2, 0.25) is 17.6 Å². The van der Waals surface area contributed by atoms with Gasteiger partial charge in [0, 0.05) is 50.0 Å². The maximum Gasteiger partial charge on any atom is 0.374 e. The second-order valence-electron chi connectivity index (χ2n) is 10.9. The van der Waals surface area contributed by atoms with Crippen LogP contribution in [0.1, 0.15) is 85.5 Å². The van der Waals surface area contributed by atoms with Crippen molar-refractivity contribution in [3.05, 3.63) is 0 Å². The molecule has 0 rings (SSSR count). The Labute approximate surface area is 248 Å². The van der Waals surface area contributed by atoms with E-state index in [-0.39, 0.29) is 31.6 Å².